The number of benzene rings is 1. The van der Waals surface area contributed by atoms with Crippen LogP contribution in [-0.2, 0) is 11.3 Å². The predicted octanol–water partition coefficient (Wildman–Crippen LogP) is 3.39. The number of fused-ring (bicyclic) bond motifs is 3. The molecule has 0 bridgehead atoms. The van der Waals surface area contributed by atoms with Crippen LogP contribution in [0.4, 0.5) is 10.1 Å². The minimum atomic E-state index is -0.361. The smallest absolute Gasteiger partial charge is 0.272 e. The van der Waals surface area contributed by atoms with E-state index in [1.807, 2.05) is 22.8 Å². The van der Waals surface area contributed by atoms with Gasteiger partial charge in [-0.2, -0.15) is 0 Å². The fourth-order valence-corrected chi connectivity index (χ4v) is 4.44. The van der Waals surface area contributed by atoms with Crippen molar-refractivity contribution in [2.75, 3.05) is 11.1 Å². The maximum atomic E-state index is 13.0. The summed E-state index contributed by atoms with van der Waals surface area (Å²) >= 11 is 2.61. The molecule has 0 saturated carbocycles. The molecule has 0 spiro atoms. The van der Waals surface area contributed by atoms with E-state index in [0.29, 0.717) is 27.9 Å². The second kappa shape index (κ2) is 7.72. The molecule has 144 valence electrons. The largest absolute Gasteiger partial charge is 0.325 e. The standard InChI is InChI=1S/C18H16FN5O2S2/c1-2-8-23-16(26)15-13(7-9-27-15)24-17(23)21-22-18(24)28-10-14(25)20-12-5-3-11(19)4-6-12/h3-7,9H,2,8,10H2,1H3,(H,20,25). The Labute approximate surface area is 167 Å². The summed E-state index contributed by atoms with van der Waals surface area (Å²) in [6, 6.07) is 7.44. The second-order valence-corrected chi connectivity index (χ2v) is 7.91. The molecule has 0 aliphatic carbocycles. The van der Waals surface area contributed by atoms with Gasteiger partial charge in [-0.05, 0) is 42.1 Å². The molecule has 0 radical (unpaired) electrons. The highest BCUT2D eigenvalue weighted by Crippen LogP contribution is 2.24. The van der Waals surface area contributed by atoms with Crippen LogP contribution in [0, 0.1) is 5.82 Å². The molecule has 10 heteroatoms. The van der Waals surface area contributed by atoms with Crippen LogP contribution >= 0.6 is 23.1 Å². The summed E-state index contributed by atoms with van der Waals surface area (Å²) in [6.07, 6.45) is 0.794. The van der Waals surface area contributed by atoms with E-state index in [1.54, 1.807) is 4.57 Å². The third kappa shape index (κ3) is 3.40. The van der Waals surface area contributed by atoms with Crippen molar-refractivity contribution in [2.45, 2.75) is 25.0 Å². The van der Waals surface area contributed by atoms with Crippen molar-refractivity contribution >= 4 is 50.7 Å². The van der Waals surface area contributed by atoms with Crippen molar-refractivity contribution in [1.29, 1.82) is 0 Å². The van der Waals surface area contributed by atoms with Crippen molar-refractivity contribution in [2.24, 2.45) is 0 Å². The summed E-state index contributed by atoms with van der Waals surface area (Å²) in [7, 11) is 0. The van der Waals surface area contributed by atoms with E-state index in [-0.39, 0.29) is 23.0 Å². The minimum absolute atomic E-state index is 0.0719. The summed E-state index contributed by atoms with van der Waals surface area (Å²) in [5.74, 6) is -0.0207. The molecule has 7 nitrogen and oxygen atoms in total. The molecule has 3 aromatic heterocycles. The van der Waals surface area contributed by atoms with Gasteiger partial charge in [-0.1, -0.05) is 18.7 Å². The minimum Gasteiger partial charge on any atom is -0.325 e. The van der Waals surface area contributed by atoms with Gasteiger partial charge >= 0.3 is 0 Å². The number of carbonyl (C=O) groups excluding carboxylic acids is 1. The van der Waals surface area contributed by atoms with Gasteiger partial charge in [-0.25, -0.2) is 4.39 Å². The number of anilines is 1. The molecular formula is C18H16FN5O2S2. The lowest BCUT2D eigenvalue weighted by molar-refractivity contribution is -0.113. The van der Waals surface area contributed by atoms with Crippen LogP contribution in [0.25, 0.3) is 16.0 Å². The van der Waals surface area contributed by atoms with Crippen molar-refractivity contribution in [3.8, 4) is 0 Å². The molecule has 1 aromatic carbocycles. The number of carbonyl (C=O) groups is 1. The SMILES string of the molecule is CCCn1c(=O)c2sccc2n2c(SCC(=O)Nc3ccc(F)cc3)nnc12. The lowest BCUT2D eigenvalue weighted by Crippen LogP contribution is -2.22. The Morgan fingerprint density at radius 1 is 1.25 bits per heavy atom. The Bertz CT molecular complexity index is 1210. The van der Waals surface area contributed by atoms with Crippen molar-refractivity contribution in [3.63, 3.8) is 0 Å². The number of thiophene rings is 1. The monoisotopic (exact) mass is 417 g/mol. The maximum Gasteiger partial charge on any atom is 0.272 e. The van der Waals surface area contributed by atoms with Gasteiger partial charge in [0.05, 0.1) is 11.3 Å². The Balaban J connectivity index is 1.61. The Morgan fingerprint density at radius 2 is 2.04 bits per heavy atom. The number of halogens is 1. The molecule has 1 N–H and O–H groups in total. The Morgan fingerprint density at radius 3 is 2.79 bits per heavy atom. The fourth-order valence-electron chi connectivity index (χ4n) is 2.88. The van der Waals surface area contributed by atoms with Gasteiger partial charge in [0.2, 0.25) is 11.7 Å². The number of aromatic nitrogens is 4. The summed E-state index contributed by atoms with van der Waals surface area (Å²) < 4.78 is 17.0. The van der Waals surface area contributed by atoms with E-state index in [9.17, 15) is 14.0 Å². The van der Waals surface area contributed by atoms with Crippen molar-refractivity contribution in [1.82, 2.24) is 19.2 Å². The molecule has 0 aliphatic heterocycles. The topological polar surface area (TPSA) is 81.3 Å². The van der Waals surface area contributed by atoms with Crippen molar-refractivity contribution in [3.05, 3.63) is 51.9 Å². The average molecular weight is 417 g/mol. The van der Waals surface area contributed by atoms with E-state index >= 15 is 0 Å². The lowest BCUT2D eigenvalue weighted by atomic mass is 10.3. The second-order valence-electron chi connectivity index (χ2n) is 6.05. The fraction of sp³-hybridized carbons (Fsp3) is 0.222. The van der Waals surface area contributed by atoms with E-state index in [4.69, 9.17) is 0 Å². The van der Waals surface area contributed by atoms with Gasteiger partial charge in [0.1, 0.15) is 10.5 Å². The van der Waals surface area contributed by atoms with E-state index in [1.165, 1.54) is 47.4 Å². The summed E-state index contributed by atoms with van der Waals surface area (Å²) in [5.41, 5.74) is 1.19. The molecule has 0 fully saturated rings. The maximum absolute atomic E-state index is 13.0. The first-order valence-corrected chi connectivity index (χ1v) is 10.5. The molecule has 4 rings (SSSR count). The summed E-state index contributed by atoms with van der Waals surface area (Å²) in [5, 5.41) is 13.5. The highest BCUT2D eigenvalue weighted by atomic mass is 32.2. The van der Waals surface area contributed by atoms with Gasteiger partial charge < -0.3 is 5.32 Å². The average Bonchev–Trinajstić information content (AvgIpc) is 3.32. The zero-order valence-electron chi connectivity index (χ0n) is 14.9. The van der Waals surface area contributed by atoms with Crippen LogP contribution in [0.2, 0.25) is 0 Å². The number of hydrogen-bond acceptors (Lipinski definition) is 6. The third-order valence-electron chi connectivity index (χ3n) is 4.09. The third-order valence-corrected chi connectivity index (χ3v) is 5.91. The highest BCUT2D eigenvalue weighted by Gasteiger charge is 2.18. The molecule has 4 aromatic rings. The number of rotatable bonds is 6. The van der Waals surface area contributed by atoms with Gasteiger partial charge in [-0.3, -0.25) is 18.6 Å². The van der Waals surface area contributed by atoms with Crippen LogP contribution < -0.4 is 10.9 Å². The first kappa shape index (κ1) is 18.6. The highest BCUT2D eigenvalue weighted by molar-refractivity contribution is 7.99. The number of amides is 1. The normalized spacial score (nSPS) is 11.4. The lowest BCUT2D eigenvalue weighted by Gasteiger charge is -2.08. The first-order chi connectivity index (χ1) is 13.6. The van der Waals surface area contributed by atoms with Crippen LogP contribution in [0.5, 0.6) is 0 Å². The van der Waals surface area contributed by atoms with E-state index < -0.39 is 0 Å². The quantitative estimate of drug-likeness (QED) is 0.487. The molecule has 3 heterocycles. The number of nitrogens with one attached hydrogen (secondary N) is 1. The van der Waals surface area contributed by atoms with Gasteiger partial charge in [0, 0.05) is 12.2 Å². The number of nitrogens with zero attached hydrogens (tertiary/aromatic N) is 4. The Hall–Kier alpha value is -2.72. The number of aryl methyl sites for hydroxylation is 1. The predicted molar refractivity (Wildman–Crippen MR) is 109 cm³/mol. The van der Waals surface area contributed by atoms with Crippen LogP contribution in [0.3, 0.4) is 0 Å². The van der Waals surface area contributed by atoms with Crippen molar-refractivity contribution < 1.29 is 9.18 Å². The number of hydrogen-bond donors (Lipinski definition) is 1. The molecule has 1 amide bonds. The first-order valence-electron chi connectivity index (χ1n) is 8.62. The molecule has 0 atom stereocenters. The van der Waals surface area contributed by atoms with Gasteiger partial charge in [0.25, 0.3) is 5.56 Å². The van der Waals surface area contributed by atoms with Gasteiger partial charge in [0.15, 0.2) is 5.16 Å². The summed E-state index contributed by atoms with van der Waals surface area (Å²) in [4.78, 5) is 24.9. The number of thioether (sulfide) groups is 1. The molecule has 0 saturated heterocycles. The molecule has 28 heavy (non-hydrogen) atoms. The van der Waals surface area contributed by atoms with Crippen LogP contribution in [-0.4, -0.2) is 30.8 Å². The van der Waals surface area contributed by atoms with Crippen LogP contribution in [0.15, 0.2) is 45.7 Å². The molecule has 0 aliphatic rings. The molecule has 0 unspecified atom stereocenters. The van der Waals surface area contributed by atoms with E-state index in [2.05, 4.69) is 15.5 Å². The zero-order chi connectivity index (χ0) is 19.7. The summed E-state index contributed by atoms with van der Waals surface area (Å²) in [6.45, 7) is 2.54. The zero-order valence-corrected chi connectivity index (χ0v) is 16.5. The molecular weight excluding hydrogens is 401 g/mol. The Kier molecular flexibility index (Phi) is 5.14. The van der Waals surface area contributed by atoms with Crippen LogP contribution in [0.1, 0.15) is 13.3 Å². The van der Waals surface area contributed by atoms with Gasteiger partial charge in [-0.15, -0.1) is 21.5 Å². The van der Waals surface area contributed by atoms with E-state index in [0.717, 1.165) is 11.9 Å².